The van der Waals surface area contributed by atoms with Gasteiger partial charge in [-0.15, -0.1) is 0 Å². The van der Waals surface area contributed by atoms with E-state index >= 15 is 0 Å². The molecule has 0 saturated heterocycles. The van der Waals surface area contributed by atoms with Crippen LogP contribution >= 0.6 is 0 Å². The lowest BCUT2D eigenvalue weighted by Gasteiger charge is -2.32. The van der Waals surface area contributed by atoms with Crippen molar-refractivity contribution in [2.24, 2.45) is 0 Å². The number of aliphatic hydroxyl groups is 1. The molecule has 0 fully saturated rings. The zero-order chi connectivity index (χ0) is 24.0. The third kappa shape index (κ3) is 6.28. The van der Waals surface area contributed by atoms with Crippen LogP contribution in [-0.4, -0.2) is 36.6 Å². The molecule has 2 aromatic rings. The van der Waals surface area contributed by atoms with Crippen LogP contribution in [0.15, 0.2) is 48.5 Å². The lowest BCUT2D eigenvalue weighted by atomic mass is 9.92. The van der Waals surface area contributed by atoms with Crippen LogP contribution in [0.2, 0.25) is 0 Å². The minimum absolute atomic E-state index is 0.0791. The van der Waals surface area contributed by atoms with Crippen LogP contribution in [0.5, 0.6) is 11.5 Å². The minimum Gasteiger partial charge on any atom is -0.550 e. The largest absolute Gasteiger partial charge is 0.550 e. The summed E-state index contributed by atoms with van der Waals surface area (Å²) in [6.07, 6.45) is -11.6. The van der Waals surface area contributed by atoms with Gasteiger partial charge < -0.3 is 24.5 Å². The number of alkyl halides is 6. The summed E-state index contributed by atoms with van der Waals surface area (Å²) in [5.41, 5.74) is -5.70. The summed E-state index contributed by atoms with van der Waals surface area (Å²) in [5, 5.41) is 20.0. The first-order valence-corrected chi connectivity index (χ1v) is 9.35. The van der Waals surface area contributed by atoms with Gasteiger partial charge in [0.1, 0.15) is 11.5 Å². The number of carbonyl (C=O) groups excluding carboxylic acids is 1. The van der Waals surface area contributed by atoms with Crippen molar-refractivity contribution >= 4 is 5.97 Å². The fourth-order valence-corrected chi connectivity index (χ4v) is 2.78. The van der Waals surface area contributed by atoms with Crippen molar-refractivity contribution in [3.05, 3.63) is 59.7 Å². The first-order chi connectivity index (χ1) is 14.8. The summed E-state index contributed by atoms with van der Waals surface area (Å²) in [6.45, 7) is 0.0446. The maximum absolute atomic E-state index is 13.0. The normalized spacial score (nSPS) is 12.5. The molecule has 5 nitrogen and oxygen atoms in total. The number of rotatable bonds is 10. The van der Waals surface area contributed by atoms with Crippen molar-refractivity contribution in [1.82, 2.24) is 0 Å². The Hall–Kier alpha value is -2.95. The molecule has 0 heterocycles. The van der Waals surface area contributed by atoms with Gasteiger partial charge in [0.25, 0.3) is 5.60 Å². The van der Waals surface area contributed by atoms with Crippen molar-refractivity contribution in [2.45, 2.75) is 37.2 Å². The SMILES string of the molecule is O=C([O-])CCc1cccc(OCCCOc2cccc(C(O)(C(F)(F)F)C(F)(F)F)c2)c1. The first kappa shape index (κ1) is 25.3. The van der Waals surface area contributed by atoms with Gasteiger partial charge in [-0.25, -0.2) is 0 Å². The number of carboxylic acids is 1. The van der Waals surface area contributed by atoms with Crippen LogP contribution in [0.4, 0.5) is 26.3 Å². The molecule has 0 radical (unpaired) electrons. The predicted molar refractivity (Wildman–Crippen MR) is 97.8 cm³/mol. The van der Waals surface area contributed by atoms with Crippen molar-refractivity contribution in [3.63, 3.8) is 0 Å². The number of benzene rings is 2. The summed E-state index contributed by atoms with van der Waals surface area (Å²) in [7, 11) is 0. The van der Waals surface area contributed by atoms with E-state index in [4.69, 9.17) is 9.47 Å². The molecule has 32 heavy (non-hydrogen) atoms. The number of hydrogen-bond acceptors (Lipinski definition) is 5. The second-order valence-corrected chi connectivity index (χ2v) is 6.80. The Morgan fingerprint density at radius 1 is 0.875 bits per heavy atom. The predicted octanol–water partition coefficient (Wildman–Crippen LogP) is 3.53. The fraction of sp³-hybridized carbons (Fsp3) is 0.381. The summed E-state index contributed by atoms with van der Waals surface area (Å²) in [4.78, 5) is 10.5. The van der Waals surface area contributed by atoms with Gasteiger partial charge in [0.2, 0.25) is 0 Å². The standard InChI is InChI=1S/C21H20F6O5/c22-20(23,24)19(30,21(25,26)27)15-5-2-7-17(13-15)32-11-3-10-31-16-6-1-4-14(12-16)8-9-18(28)29/h1-2,4-7,12-13,30H,3,8-11H2,(H,28,29)/p-1. The summed E-state index contributed by atoms with van der Waals surface area (Å²) in [5.74, 6) is -0.997. The molecule has 0 amide bonds. The molecule has 176 valence electrons. The Balaban J connectivity index is 1.92. The molecule has 0 aromatic heterocycles. The third-order valence-corrected chi connectivity index (χ3v) is 4.41. The van der Waals surface area contributed by atoms with Crippen molar-refractivity contribution in [1.29, 1.82) is 0 Å². The third-order valence-electron chi connectivity index (χ3n) is 4.41. The van der Waals surface area contributed by atoms with Crippen molar-refractivity contribution in [3.8, 4) is 11.5 Å². The zero-order valence-electron chi connectivity index (χ0n) is 16.5. The van der Waals surface area contributed by atoms with E-state index in [1.807, 2.05) is 0 Å². The van der Waals surface area contributed by atoms with E-state index in [1.165, 1.54) is 0 Å². The van der Waals surface area contributed by atoms with E-state index in [2.05, 4.69) is 0 Å². The highest BCUT2D eigenvalue weighted by Crippen LogP contribution is 2.50. The van der Waals surface area contributed by atoms with E-state index in [9.17, 15) is 41.4 Å². The number of aliphatic carboxylic acids is 1. The number of carboxylic acid groups (broad SMARTS) is 1. The molecule has 0 atom stereocenters. The van der Waals surface area contributed by atoms with E-state index in [0.717, 1.165) is 17.7 Å². The molecule has 1 N–H and O–H groups in total. The molecule has 0 aliphatic heterocycles. The van der Waals surface area contributed by atoms with Gasteiger partial charge in [0.15, 0.2) is 0 Å². The second-order valence-electron chi connectivity index (χ2n) is 6.80. The minimum atomic E-state index is -5.98. The molecule has 0 aliphatic rings. The van der Waals surface area contributed by atoms with Crippen LogP contribution in [0, 0.1) is 0 Å². The average molecular weight is 465 g/mol. The highest BCUT2D eigenvalue weighted by Gasteiger charge is 2.71. The van der Waals surface area contributed by atoms with E-state index in [-0.39, 0.29) is 38.2 Å². The van der Waals surface area contributed by atoms with Crippen LogP contribution in [-0.2, 0) is 16.8 Å². The Bertz CT molecular complexity index is 896. The van der Waals surface area contributed by atoms with Crippen LogP contribution < -0.4 is 14.6 Å². The van der Waals surface area contributed by atoms with Gasteiger partial charge in [-0.3, -0.25) is 0 Å². The Labute approximate surface area is 179 Å². The Kier molecular flexibility index (Phi) is 8.00. The maximum Gasteiger partial charge on any atom is 0.430 e. The van der Waals surface area contributed by atoms with Gasteiger partial charge in [0.05, 0.1) is 13.2 Å². The molecule has 0 bridgehead atoms. The molecule has 0 saturated carbocycles. The summed E-state index contributed by atoms with van der Waals surface area (Å²) in [6, 6.07) is 9.76. The average Bonchev–Trinajstić information content (AvgIpc) is 2.70. The number of hydrogen-bond donors (Lipinski definition) is 1. The Morgan fingerprint density at radius 2 is 1.41 bits per heavy atom. The monoisotopic (exact) mass is 465 g/mol. The highest BCUT2D eigenvalue weighted by atomic mass is 19.4. The number of ether oxygens (including phenoxy) is 2. The molecule has 11 heteroatoms. The van der Waals surface area contributed by atoms with Gasteiger partial charge in [-0.2, -0.15) is 26.3 Å². The molecular formula is C21H19F6O5-. The summed E-state index contributed by atoms with van der Waals surface area (Å²) >= 11 is 0. The van der Waals surface area contributed by atoms with Gasteiger partial charge in [0, 0.05) is 18.0 Å². The van der Waals surface area contributed by atoms with Gasteiger partial charge in [-0.1, -0.05) is 24.3 Å². The fourth-order valence-electron chi connectivity index (χ4n) is 2.78. The molecule has 0 aliphatic carbocycles. The van der Waals surface area contributed by atoms with Crippen molar-refractivity contribution < 1.29 is 50.8 Å². The molecule has 0 spiro atoms. The van der Waals surface area contributed by atoms with E-state index in [1.54, 1.807) is 24.3 Å². The van der Waals surface area contributed by atoms with Crippen molar-refractivity contribution in [2.75, 3.05) is 13.2 Å². The second kappa shape index (κ2) is 10.1. The lowest BCUT2D eigenvalue weighted by molar-refractivity contribution is -0.376. The molecule has 0 unspecified atom stereocenters. The topological polar surface area (TPSA) is 78.8 Å². The Morgan fingerprint density at radius 3 is 1.94 bits per heavy atom. The lowest BCUT2D eigenvalue weighted by Crippen LogP contribution is -2.53. The number of halogens is 6. The summed E-state index contributed by atoms with van der Waals surface area (Å²) < 4.78 is 88.6. The van der Waals surface area contributed by atoms with Crippen LogP contribution in [0.1, 0.15) is 24.0 Å². The highest BCUT2D eigenvalue weighted by molar-refractivity contribution is 5.64. The maximum atomic E-state index is 13.0. The van der Waals surface area contributed by atoms with E-state index < -0.39 is 29.5 Å². The first-order valence-electron chi connectivity index (χ1n) is 9.35. The molecule has 2 aromatic carbocycles. The molecular weight excluding hydrogens is 446 g/mol. The van der Waals surface area contributed by atoms with Crippen LogP contribution in [0.25, 0.3) is 0 Å². The number of aryl methyl sites for hydroxylation is 1. The van der Waals surface area contributed by atoms with E-state index in [0.29, 0.717) is 17.9 Å². The number of carbonyl (C=O) groups is 1. The smallest absolute Gasteiger partial charge is 0.430 e. The molecule has 2 rings (SSSR count). The quantitative estimate of drug-likeness (QED) is 0.429. The zero-order valence-corrected chi connectivity index (χ0v) is 16.5. The van der Waals surface area contributed by atoms with Crippen LogP contribution in [0.3, 0.4) is 0 Å². The van der Waals surface area contributed by atoms with Gasteiger partial charge in [-0.05, 0) is 42.7 Å². The van der Waals surface area contributed by atoms with Gasteiger partial charge >= 0.3 is 12.4 Å².